The van der Waals surface area contributed by atoms with E-state index in [0.29, 0.717) is 11.1 Å². The molecule has 0 amide bonds. The summed E-state index contributed by atoms with van der Waals surface area (Å²) in [5.74, 6) is -0.168. The van der Waals surface area contributed by atoms with Crippen LogP contribution in [0.15, 0.2) is 18.2 Å². The average molecular weight is 192 g/mol. The fraction of sp³-hybridized carbons (Fsp3) is 0.364. The summed E-state index contributed by atoms with van der Waals surface area (Å²) in [6.07, 6.45) is 0. The molecule has 0 aliphatic carbocycles. The Kier molecular flexibility index (Phi) is 3.21. The zero-order chi connectivity index (χ0) is 10.7. The SMILES string of the molecule is CC(C)C(N)c1cc(F)ccc1C#N. The summed E-state index contributed by atoms with van der Waals surface area (Å²) in [5, 5.41) is 8.81. The predicted molar refractivity (Wildman–Crippen MR) is 52.9 cm³/mol. The van der Waals surface area contributed by atoms with Gasteiger partial charge in [0, 0.05) is 6.04 Å². The third-order valence-electron chi connectivity index (χ3n) is 2.21. The van der Waals surface area contributed by atoms with Crippen molar-refractivity contribution in [2.45, 2.75) is 19.9 Å². The number of benzene rings is 1. The first kappa shape index (κ1) is 10.7. The molecule has 0 aliphatic heterocycles. The van der Waals surface area contributed by atoms with Crippen molar-refractivity contribution in [3.05, 3.63) is 35.1 Å². The van der Waals surface area contributed by atoms with Gasteiger partial charge in [0.25, 0.3) is 0 Å². The Morgan fingerprint density at radius 2 is 2.07 bits per heavy atom. The van der Waals surface area contributed by atoms with Crippen LogP contribution < -0.4 is 5.73 Å². The van der Waals surface area contributed by atoms with Gasteiger partial charge in [-0.25, -0.2) is 4.39 Å². The molecule has 0 aliphatic rings. The summed E-state index contributed by atoms with van der Waals surface area (Å²) in [6, 6.07) is 5.80. The summed E-state index contributed by atoms with van der Waals surface area (Å²) in [6.45, 7) is 3.88. The first-order valence-electron chi connectivity index (χ1n) is 4.51. The molecule has 2 nitrogen and oxygen atoms in total. The lowest BCUT2D eigenvalue weighted by Gasteiger charge is -2.17. The number of rotatable bonds is 2. The van der Waals surface area contributed by atoms with Crippen molar-refractivity contribution in [3.8, 4) is 6.07 Å². The van der Waals surface area contributed by atoms with Crippen LogP contribution in [-0.2, 0) is 0 Å². The normalized spacial score (nSPS) is 12.6. The molecule has 0 bridgehead atoms. The Morgan fingerprint density at radius 1 is 1.43 bits per heavy atom. The van der Waals surface area contributed by atoms with Gasteiger partial charge >= 0.3 is 0 Å². The highest BCUT2D eigenvalue weighted by molar-refractivity contribution is 5.39. The highest BCUT2D eigenvalue weighted by Gasteiger charge is 2.15. The molecule has 0 aromatic heterocycles. The van der Waals surface area contributed by atoms with Crippen LogP contribution in [-0.4, -0.2) is 0 Å². The molecule has 1 aromatic rings. The van der Waals surface area contributed by atoms with E-state index in [1.165, 1.54) is 18.2 Å². The molecule has 0 saturated carbocycles. The quantitative estimate of drug-likeness (QED) is 0.781. The van der Waals surface area contributed by atoms with Gasteiger partial charge in [-0.1, -0.05) is 13.8 Å². The first-order chi connectivity index (χ1) is 6.56. The van der Waals surface area contributed by atoms with Crippen molar-refractivity contribution in [2.24, 2.45) is 11.7 Å². The molecular formula is C11H13FN2. The van der Waals surface area contributed by atoms with Gasteiger partial charge in [-0.2, -0.15) is 5.26 Å². The van der Waals surface area contributed by atoms with E-state index in [2.05, 4.69) is 0 Å². The molecule has 14 heavy (non-hydrogen) atoms. The van der Waals surface area contributed by atoms with Gasteiger partial charge in [0.15, 0.2) is 0 Å². The van der Waals surface area contributed by atoms with Gasteiger partial charge in [0.05, 0.1) is 11.6 Å². The smallest absolute Gasteiger partial charge is 0.123 e. The average Bonchev–Trinajstić information content (AvgIpc) is 2.16. The third kappa shape index (κ3) is 2.09. The maximum atomic E-state index is 12.9. The molecular weight excluding hydrogens is 179 g/mol. The lowest BCUT2D eigenvalue weighted by molar-refractivity contribution is 0.509. The van der Waals surface area contributed by atoms with Crippen LogP contribution in [0.1, 0.15) is 31.0 Å². The van der Waals surface area contributed by atoms with Gasteiger partial charge < -0.3 is 5.73 Å². The monoisotopic (exact) mass is 192 g/mol. The van der Waals surface area contributed by atoms with Gasteiger partial charge in [-0.05, 0) is 29.7 Å². The van der Waals surface area contributed by atoms with Crippen LogP contribution in [0, 0.1) is 23.1 Å². The highest BCUT2D eigenvalue weighted by Crippen LogP contribution is 2.22. The van der Waals surface area contributed by atoms with Crippen molar-refractivity contribution in [2.75, 3.05) is 0 Å². The maximum Gasteiger partial charge on any atom is 0.123 e. The van der Waals surface area contributed by atoms with Crippen LogP contribution in [0.25, 0.3) is 0 Å². The Bertz CT molecular complexity index is 366. The molecule has 1 rings (SSSR count). The topological polar surface area (TPSA) is 49.8 Å². The van der Waals surface area contributed by atoms with Crippen molar-refractivity contribution in [1.29, 1.82) is 5.26 Å². The van der Waals surface area contributed by atoms with Crippen LogP contribution in [0.4, 0.5) is 4.39 Å². The number of nitriles is 1. The lowest BCUT2D eigenvalue weighted by atomic mass is 9.93. The second-order valence-corrected chi connectivity index (χ2v) is 3.61. The van der Waals surface area contributed by atoms with E-state index < -0.39 is 0 Å². The van der Waals surface area contributed by atoms with Gasteiger partial charge in [-0.3, -0.25) is 0 Å². The Labute approximate surface area is 83.2 Å². The Hall–Kier alpha value is -1.40. The second-order valence-electron chi connectivity index (χ2n) is 3.61. The number of nitrogens with zero attached hydrogens (tertiary/aromatic N) is 1. The van der Waals surface area contributed by atoms with E-state index in [-0.39, 0.29) is 17.8 Å². The minimum Gasteiger partial charge on any atom is -0.324 e. The van der Waals surface area contributed by atoms with E-state index in [1.807, 2.05) is 19.9 Å². The van der Waals surface area contributed by atoms with E-state index in [9.17, 15) is 4.39 Å². The first-order valence-corrected chi connectivity index (χ1v) is 4.51. The van der Waals surface area contributed by atoms with Gasteiger partial charge in [0.1, 0.15) is 5.82 Å². The summed E-state index contributed by atoms with van der Waals surface area (Å²) >= 11 is 0. The summed E-state index contributed by atoms with van der Waals surface area (Å²) < 4.78 is 12.9. The van der Waals surface area contributed by atoms with Crippen LogP contribution in [0.5, 0.6) is 0 Å². The van der Waals surface area contributed by atoms with Gasteiger partial charge in [-0.15, -0.1) is 0 Å². The second kappa shape index (κ2) is 4.21. The molecule has 3 heteroatoms. The largest absolute Gasteiger partial charge is 0.324 e. The van der Waals surface area contributed by atoms with E-state index >= 15 is 0 Å². The van der Waals surface area contributed by atoms with Crippen LogP contribution in [0.3, 0.4) is 0 Å². The number of nitrogens with two attached hydrogens (primary N) is 1. The molecule has 2 N–H and O–H groups in total. The van der Waals surface area contributed by atoms with E-state index in [0.717, 1.165) is 0 Å². The van der Waals surface area contributed by atoms with Crippen molar-refractivity contribution in [1.82, 2.24) is 0 Å². The summed E-state index contributed by atoms with van der Waals surface area (Å²) in [4.78, 5) is 0. The van der Waals surface area contributed by atoms with Crippen LogP contribution >= 0.6 is 0 Å². The molecule has 0 radical (unpaired) electrons. The Balaban J connectivity index is 3.18. The summed E-state index contributed by atoms with van der Waals surface area (Å²) in [7, 11) is 0. The molecule has 1 unspecified atom stereocenters. The fourth-order valence-electron chi connectivity index (χ4n) is 1.27. The van der Waals surface area contributed by atoms with Crippen molar-refractivity contribution >= 4 is 0 Å². The standard InChI is InChI=1S/C11H13FN2/c1-7(2)11(14)10-5-9(12)4-3-8(10)6-13/h3-5,7,11H,14H2,1-2H3. The molecule has 0 saturated heterocycles. The number of hydrogen-bond acceptors (Lipinski definition) is 2. The van der Waals surface area contributed by atoms with E-state index in [1.54, 1.807) is 0 Å². The molecule has 1 atom stereocenters. The zero-order valence-corrected chi connectivity index (χ0v) is 8.29. The van der Waals surface area contributed by atoms with Crippen molar-refractivity contribution in [3.63, 3.8) is 0 Å². The Morgan fingerprint density at radius 3 is 2.57 bits per heavy atom. The minimum atomic E-state index is -0.352. The van der Waals surface area contributed by atoms with Crippen LogP contribution in [0.2, 0.25) is 0 Å². The molecule has 0 heterocycles. The minimum absolute atomic E-state index is 0.184. The maximum absolute atomic E-state index is 12.9. The summed E-state index contributed by atoms with van der Waals surface area (Å²) in [5.41, 5.74) is 6.90. The van der Waals surface area contributed by atoms with Gasteiger partial charge in [0.2, 0.25) is 0 Å². The molecule has 1 aromatic carbocycles. The predicted octanol–water partition coefficient (Wildman–Crippen LogP) is 2.35. The van der Waals surface area contributed by atoms with Crippen molar-refractivity contribution < 1.29 is 4.39 Å². The third-order valence-corrected chi connectivity index (χ3v) is 2.21. The molecule has 74 valence electrons. The number of hydrogen-bond donors (Lipinski definition) is 1. The highest BCUT2D eigenvalue weighted by atomic mass is 19.1. The fourth-order valence-corrected chi connectivity index (χ4v) is 1.27. The number of halogens is 1. The lowest BCUT2D eigenvalue weighted by Crippen LogP contribution is -2.18. The zero-order valence-electron chi connectivity index (χ0n) is 8.29. The molecule has 0 spiro atoms. The van der Waals surface area contributed by atoms with E-state index in [4.69, 9.17) is 11.0 Å². The molecule has 0 fully saturated rings.